The number of hydrogen-bond donors (Lipinski definition) is 0. The summed E-state index contributed by atoms with van der Waals surface area (Å²) in [6.45, 7) is 1.40. The van der Waals surface area contributed by atoms with Crippen LogP contribution < -0.4 is 19.8 Å². The van der Waals surface area contributed by atoms with Crippen molar-refractivity contribution in [2.24, 2.45) is 5.10 Å². The van der Waals surface area contributed by atoms with Gasteiger partial charge in [-0.3, -0.25) is 4.79 Å². The van der Waals surface area contributed by atoms with E-state index in [9.17, 15) is 9.59 Å². The number of aromatic nitrogens is 2. The average molecular weight is 490 g/mol. The molecule has 0 N–H and O–H groups in total. The van der Waals surface area contributed by atoms with Gasteiger partial charge in [-0.15, -0.1) is 0 Å². The van der Waals surface area contributed by atoms with E-state index in [0.29, 0.717) is 33.8 Å². The van der Waals surface area contributed by atoms with Gasteiger partial charge in [0.2, 0.25) is 5.75 Å². The van der Waals surface area contributed by atoms with Crippen LogP contribution in [0, 0.1) is 6.92 Å². The van der Waals surface area contributed by atoms with Gasteiger partial charge in [0.05, 0.1) is 38.4 Å². The monoisotopic (exact) mass is 489 g/mol. The summed E-state index contributed by atoms with van der Waals surface area (Å²) in [5.74, 6) is 0.801. The number of carbonyl (C=O) groups excluding carboxylic acids is 1. The van der Waals surface area contributed by atoms with Gasteiger partial charge in [-0.05, 0) is 37.3 Å². The Bertz CT molecular complexity index is 1200. The number of fused-ring (bicyclic) bond motifs is 1. The Kier molecular flexibility index (Phi) is 6.91. The summed E-state index contributed by atoms with van der Waals surface area (Å²) >= 11 is 3.37. The molecule has 0 aliphatic rings. The molecule has 0 saturated heterocycles. The maximum Gasteiger partial charge on any atom is 0.343 e. The predicted octanol–water partition coefficient (Wildman–Crippen LogP) is 2.92. The predicted molar refractivity (Wildman–Crippen MR) is 118 cm³/mol. The molecule has 0 spiro atoms. The van der Waals surface area contributed by atoms with Crippen LogP contribution in [0.15, 0.2) is 44.7 Å². The quantitative estimate of drug-likeness (QED) is 0.371. The number of benzene rings is 2. The maximum absolute atomic E-state index is 12.9. The van der Waals surface area contributed by atoms with Gasteiger partial charge in [-0.25, -0.2) is 9.78 Å². The summed E-state index contributed by atoms with van der Waals surface area (Å²) < 4.78 is 22.8. The van der Waals surface area contributed by atoms with Gasteiger partial charge in [-0.1, -0.05) is 15.9 Å². The normalized spacial score (nSPS) is 11.0. The minimum Gasteiger partial charge on any atom is -0.493 e. The van der Waals surface area contributed by atoms with Crippen molar-refractivity contribution in [1.82, 2.24) is 9.66 Å². The molecule has 0 aliphatic carbocycles. The Morgan fingerprint density at radius 3 is 2.45 bits per heavy atom. The Labute approximate surface area is 186 Å². The number of nitrogens with zero attached hydrogens (tertiary/aromatic N) is 3. The van der Waals surface area contributed by atoms with Gasteiger partial charge in [-0.2, -0.15) is 9.78 Å². The molecule has 0 amide bonds. The Morgan fingerprint density at radius 1 is 1.16 bits per heavy atom. The zero-order valence-corrected chi connectivity index (χ0v) is 18.9. The van der Waals surface area contributed by atoms with Gasteiger partial charge in [0.1, 0.15) is 5.82 Å². The third-order valence-electron chi connectivity index (χ3n) is 4.34. The summed E-state index contributed by atoms with van der Waals surface area (Å²) in [7, 11) is 4.19. The lowest BCUT2D eigenvalue weighted by molar-refractivity contribution is -0.142. The van der Waals surface area contributed by atoms with Crippen molar-refractivity contribution in [2.75, 3.05) is 27.9 Å². The van der Waals surface area contributed by atoms with E-state index in [1.807, 2.05) is 6.07 Å². The highest BCUT2D eigenvalue weighted by molar-refractivity contribution is 9.10. The van der Waals surface area contributed by atoms with E-state index in [4.69, 9.17) is 14.2 Å². The third-order valence-corrected chi connectivity index (χ3v) is 4.83. The lowest BCUT2D eigenvalue weighted by Crippen LogP contribution is -2.20. The van der Waals surface area contributed by atoms with Crippen LogP contribution in [0.3, 0.4) is 0 Å². The lowest BCUT2D eigenvalue weighted by atomic mass is 10.2. The van der Waals surface area contributed by atoms with Gasteiger partial charge >= 0.3 is 5.97 Å². The topological polar surface area (TPSA) is 101 Å². The molecule has 0 unspecified atom stereocenters. The number of methoxy groups -OCH3 is 3. The van der Waals surface area contributed by atoms with Crippen molar-refractivity contribution >= 4 is 39.0 Å². The van der Waals surface area contributed by atoms with E-state index in [1.54, 1.807) is 31.2 Å². The minimum atomic E-state index is -0.542. The molecule has 3 rings (SSSR count). The van der Waals surface area contributed by atoms with Crippen molar-refractivity contribution in [3.63, 3.8) is 0 Å². The van der Waals surface area contributed by atoms with Gasteiger partial charge in [0.15, 0.2) is 18.1 Å². The SMILES string of the molecule is COC(=O)COc1c(OC)cc(C=Nn2c(C)nc3ccc(Br)cc3c2=O)cc1OC. The van der Waals surface area contributed by atoms with Crippen molar-refractivity contribution in [1.29, 1.82) is 0 Å². The van der Waals surface area contributed by atoms with Crippen LogP contribution in [0.25, 0.3) is 10.9 Å². The van der Waals surface area contributed by atoms with E-state index in [0.717, 1.165) is 4.47 Å². The minimum absolute atomic E-state index is 0.248. The lowest BCUT2D eigenvalue weighted by Gasteiger charge is -2.14. The Hall–Kier alpha value is -3.40. The van der Waals surface area contributed by atoms with E-state index in [2.05, 4.69) is 30.8 Å². The molecule has 0 saturated carbocycles. The van der Waals surface area contributed by atoms with E-state index in [1.165, 1.54) is 32.2 Å². The fourth-order valence-electron chi connectivity index (χ4n) is 2.83. The highest BCUT2D eigenvalue weighted by atomic mass is 79.9. The summed E-state index contributed by atoms with van der Waals surface area (Å²) in [6.07, 6.45) is 1.48. The molecule has 1 aromatic heterocycles. The Balaban J connectivity index is 2.01. The van der Waals surface area contributed by atoms with Gasteiger partial charge in [0.25, 0.3) is 5.56 Å². The van der Waals surface area contributed by atoms with Crippen molar-refractivity contribution < 1.29 is 23.7 Å². The van der Waals surface area contributed by atoms with Crippen LogP contribution in [0.5, 0.6) is 17.2 Å². The molecular weight excluding hydrogens is 470 g/mol. The van der Waals surface area contributed by atoms with E-state index >= 15 is 0 Å². The molecule has 3 aromatic rings. The number of aryl methyl sites for hydroxylation is 1. The third kappa shape index (κ3) is 4.85. The molecule has 9 nitrogen and oxygen atoms in total. The second kappa shape index (κ2) is 9.61. The fraction of sp³-hybridized carbons (Fsp3) is 0.238. The first-order valence-electron chi connectivity index (χ1n) is 9.06. The zero-order chi connectivity index (χ0) is 22.5. The highest BCUT2D eigenvalue weighted by Gasteiger charge is 2.16. The van der Waals surface area contributed by atoms with Crippen LogP contribution in [0.2, 0.25) is 0 Å². The molecule has 162 valence electrons. The van der Waals surface area contributed by atoms with Crippen LogP contribution in [-0.4, -0.2) is 49.8 Å². The summed E-state index contributed by atoms with van der Waals surface area (Å²) in [5, 5.41) is 4.74. The van der Waals surface area contributed by atoms with Gasteiger partial charge < -0.3 is 18.9 Å². The molecular formula is C21H20BrN3O6. The number of ether oxygens (including phenoxy) is 4. The second-order valence-electron chi connectivity index (χ2n) is 6.30. The van der Waals surface area contributed by atoms with E-state index in [-0.39, 0.29) is 17.9 Å². The first kappa shape index (κ1) is 22.3. The highest BCUT2D eigenvalue weighted by Crippen LogP contribution is 2.38. The fourth-order valence-corrected chi connectivity index (χ4v) is 3.19. The molecule has 0 radical (unpaired) electrons. The van der Waals surface area contributed by atoms with Gasteiger partial charge in [0, 0.05) is 10.0 Å². The smallest absolute Gasteiger partial charge is 0.343 e. The van der Waals surface area contributed by atoms with Crippen LogP contribution >= 0.6 is 15.9 Å². The summed E-state index contributed by atoms with van der Waals surface area (Å²) in [6, 6.07) is 8.58. The van der Waals surface area contributed by atoms with Crippen molar-refractivity contribution in [2.45, 2.75) is 6.92 Å². The van der Waals surface area contributed by atoms with Crippen LogP contribution in [-0.2, 0) is 9.53 Å². The molecule has 10 heteroatoms. The maximum atomic E-state index is 12.9. The largest absolute Gasteiger partial charge is 0.493 e. The molecule has 2 aromatic carbocycles. The summed E-state index contributed by atoms with van der Waals surface area (Å²) in [4.78, 5) is 28.7. The first-order chi connectivity index (χ1) is 14.9. The number of carbonyl (C=O) groups is 1. The molecule has 0 fully saturated rings. The molecule has 0 atom stereocenters. The van der Waals surface area contributed by atoms with Crippen LogP contribution in [0.1, 0.15) is 11.4 Å². The Morgan fingerprint density at radius 2 is 1.84 bits per heavy atom. The summed E-state index contributed by atoms with van der Waals surface area (Å²) in [5.41, 5.74) is 0.879. The zero-order valence-electron chi connectivity index (χ0n) is 17.3. The van der Waals surface area contributed by atoms with Crippen molar-refractivity contribution in [3.8, 4) is 17.2 Å². The number of esters is 1. The first-order valence-corrected chi connectivity index (χ1v) is 9.86. The van der Waals surface area contributed by atoms with Crippen LogP contribution in [0.4, 0.5) is 0 Å². The number of hydrogen-bond acceptors (Lipinski definition) is 8. The van der Waals surface area contributed by atoms with Crippen molar-refractivity contribution in [3.05, 3.63) is 56.5 Å². The van der Waals surface area contributed by atoms with E-state index < -0.39 is 5.97 Å². The average Bonchev–Trinajstić information content (AvgIpc) is 2.77. The molecule has 0 aliphatic heterocycles. The molecule has 0 bridgehead atoms. The number of rotatable bonds is 7. The molecule has 1 heterocycles. The second-order valence-corrected chi connectivity index (χ2v) is 7.22. The number of halogens is 1. The standard InChI is InChI=1S/C21H20BrN3O6/c1-12-24-16-6-5-14(22)9-15(16)21(27)25(12)23-10-13-7-17(28-2)20(18(8-13)29-3)31-11-19(26)30-4/h5-10H,11H2,1-4H3. The molecule has 31 heavy (non-hydrogen) atoms.